The number of nitrogens with two attached hydrogens (primary N) is 1. The van der Waals surface area contributed by atoms with Crippen molar-refractivity contribution in [1.82, 2.24) is 0 Å². The van der Waals surface area contributed by atoms with Gasteiger partial charge >= 0.3 is 24.4 Å². The van der Waals surface area contributed by atoms with Crippen LogP contribution in [0.15, 0.2) is 18.2 Å². The SMILES string of the molecule is CC(C)CCOC(=O)O[C@@H](C)COC(=O)[C@@H](N)Cc1ccc(OC(=O)OC(C)(C)C)c(OC(=O)OC(C)(C)C)c1. The smallest absolute Gasteiger partial charge is 0.461 e. The molecule has 0 spiro atoms. The first-order chi connectivity index (χ1) is 18.3. The molecule has 0 aliphatic rings. The summed E-state index contributed by atoms with van der Waals surface area (Å²) in [7, 11) is 0. The minimum Gasteiger partial charge on any atom is -0.461 e. The lowest BCUT2D eigenvalue weighted by Gasteiger charge is -2.21. The zero-order valence-electron chi connectivity index (χ0n) is 24.9. The van der Waals surface area contributed by atoms with Crippen molar-refractivity contribution in [3.8, 4) is 11.5 Å². The molecule has 40 heavy (non-hydrogen) atoms. The van der Waals surface area contributed by atoms with Gasteiger partial charge in [0.25, 0.3) is 0 Å². The molecular formula is C28H43NO11. The molecule has 0 fully saturated rings. The predicted octanol–water partition coefficient (Wildman–Crippen LogP) is 5.32. The van der Waals surface area contributed by atoms with E-state index in [1.807, 2.05) is 13.8 Å². The van der Waals surface area contributed by atoms with Crippen molar-refractivity contribution in [3.63, 3.8) is 0 Å². The summed E-state index contributed by atoms with van der Waals surface area (Å²) in [4.78, 5) is 48.6. The molecule has 0 aromatic heterocycles. The number of benzene rings is 1. The summed E-state index contributed by atoms with van der Waals surface area (Å²) < 4.78 is 36.0. The summed E-state index contributed by atoms with van der Waals surface area (Å²) in [6, 6.07) is 3.19. The lowest BCUT2D eigenvalue weighted by atomic mass is 10.1. The predicted molar refractivity (Wildman–Crippen MR) is 144 cm³/mol. The standard InChI is InChI=1S/C28H43NO11/c1-17(2)12-13-34-24(31)36-18(3)16-35-23(30)20(29)14-19-10-11-21(37-25(32)39-27(4,5)6)22(15-19)38-26(33)40-28(7,8)9/h10-11,15,17-18,20H,12-14,16,29H2,1-9H3/t18-,20-/m0/s1. The second-order valence-corrected chi connectivity index (χ2v) is 11.6. The minimum atomic E-state index is -1.10. The van der Waals surface area contributed by atoms with Crippen LogP contribution in [0.2, 0.25) is 0 Å². The molecule has 12 heteroatoms. The Bertz CT molecular complexity index is 1010. The van der Waals surface area contributed by atoms with Gasteiger partial charge in [0.05, 0.1) is 6.61 Å². The fourth-order valence-corrected chi connectivity index (χ4v) is 2.82. The molecule has 0 saturated carbocycles. The van der Waals surface area contributed by atoms with E-state index >= 15 is 0 Å². The second kappa shape index (κ2) is 15.3. The van der Waals surface area contributed by atoms with Crippen LogP contribution in [0.1, 0.15) is 74.3 Å². The number of carbonyl (C=O) groups is 4. The first-order valence-corrected chi connectivity index (χ1v) is 13.0. The van der Waals surface area contributed by atoms with Gasteiger partial charge in [-0.15, -0.1) is 0 Å². The highest BCUT2D eigenvalue weighted by Crippen LogP contribution is 2.31. The Labute approximate surface area is 235 Å². The van der Waals surface area contributed by atoms with E-state index in [2.05, 4.69) is 0 Å². The molecule has 0 amide bonds. The van der Waals surface area contributed by atoms with Gasteiger partial charge in [-0.1, -0.05) is 19.9 Å². The molecule has 0 heterocycles. The van der Waals surface area contributed by atoms with Crippen LogP contribution < -0.4 is 15.2 Å². The van der Waals surface area contributed by atoms with E-state index < -0.39 is 47.8 Å². The molecule has 1 aromatic rings. The third kappa shape index (κ3) is 15.2. The van der Waals surface area contributed by atoms with Gasteiger partial charge in [0.2, 0.25) is 0 Å². The first-order valence-electron chi connectivity index (χ1n) is 13.0. The van der Waals surface area contributed by atoms with E-state index in [1.165, 1.54) is 18.2 Å². The molecule has 0 aliphatic heterocycles. The summed E-state index contributed by atoms with van der Waals surface area (Å²) in [6.45, 7) is 15.6. The Kier molecular flexibility index (Phi) is 13.2. The van der Waals surface area contributed by atoms with E-state index in [0.717, 1.165) is 0 Å². The zero-order chi connectivity index (χ0) is 30.7. The lowest BCUT2D eigenvalue weighted by molar-refractivity contribution is -0.148. The van der Waals surface area contributed by atoms with Crippen LogP contribution in [0.3, 0.4) is 0 Å². The van der Waals surface area contributed by atoms with Crippen LogP contribution in [0, 0.1) is 5.92 Å². The van der Waals surface area contributed by atoms with Gasteiger partial charge in [-0.25, -0.2) is 14.4 Å². The Hall–Kier alpha value is -3.54. The second-order valence-electron chi connectivity index (χ2n) is 11.6. The maximum atomic E-state index is 12.4. The zero-order valence-corrected chi connectivity index (χ0v) is 24.9. The normalized spacial score (nSPS) is 13.1. The number of rotatable bonds is 11. The maximum Gasteiger partial charge on any atom is 0.514 e. The van der Waals surface area contributed by atoms with E-state index in [0.29, 0.717) is 17.9 Å². The Morgan fingerprint density at radius 1 is 0.800 bits per heavy atom. The highest BCUT2D eigenvalue weighted by atomic mass is 16.8. The quantitative estimate of drug-likeness (QED) is 0.208. The summed E-state index contributed by atoms with van der Waals surface area (Å²) in [6.07, 6.45) is -2.94. The van der Waals surface area contributed by atoms with Crippen LogP contribution in [0.5, 0.6) is 11.5 Å². The minimum absolute atomic E-state index is 0.0112. The van der Waals surface area contributed by atoms with Crippen LogP contribution in [-0.2, 0) is 34.9 Å². The fraction of sp³-hybridized carbons (Fsp3) is 0.643. The molecule has 0 bridgehead atoms. The Morgan fingerprint density at radius 2 is 1.35 bits per heavy atom. The van der Waals surface area contributed by atoms with E-state index in [-0.39, 0.29) is 31.1 Å². The van der Waals surface area contributed by atoms with Crippen LogP contribution in [-0.4, -0.2) is 61.0 Å². The van der Waals surface area contributed by atoms with Gasteiger partial charge in [0.15, 0.2) is 11.5 Å². The monoisotopic (exact) mass is 569 g/mol. The van der Waals surface area contributed by atoms with Crippen molar-refractivity contribution in [3.05, 3.63) is 23.8 Å². The van der Waals surface area contributed by atoms with Gasteiger partial charge in [-0.2, -0.15) is 0 Å². The number of hydrogen-bond donors (Lipinski definition) is 1. The van der Waals surface area contributed by atoms with E-state index in [9.17, 15) is 19.2 Å². The largest absolute Gasteiger partial charge is 0.514 e. The number of carbonyl (C=O) groups excluding carboxylic acids is 4. The topological polar surface area (TPSA) is 159 Å². The van der Waals surface area contributed by atoms with Crippen molar-refractivity contribution in [2.24, 2.45) is 11.7 Å². The van der Waals surface area contributed by atoms with Gasteiger partial charge in [-0.3, -0.25) is 4.79 Å². The third-order valence-electron chi connectivity index (χ3n) is 4.60. The Morgan fingerprint density at radius 3 is 1.88 bits per heavy atom. The molecule has 1 aromatic carbocycles. The number of hydrogen-bond acceptors (Lipinski definition) is 12. The van der Waals surface area contributed by atoms with Crippen LogP contribution in [0.4, 0.5) is 14.4 Å². The summed E-state index contributed by atoms with van der Waals surface area (Å²) in [5.74, 6) is -0.615. The van der Waals surface area contributed by atoms with Crippen LogP contribution >= 0.6 is 0 Å². The summed E-state index contributed by atoms with van der Waals surface area (Å²) in [5, 5.41) is 0. The molecule has 0 unspecified atom stereocenters. The van der Waals surface area contributed by atoms with Crippen molar-refractivity contribution >= 4 is 24.4 Å². The van der Waals surface area contributed by atoms with Crippen LogP contribution in [0.25, 0.3) is 0 Å². The Balaban J connectivity index is 2.84. The van der Waals surface area contributed by atoms with Gasteiger partial charge in [0, 0.05) is 0 Å². The van der Waals surface area contributed by atoms with Crippen molar-refractivity contribution < 1.29 is 52.3 Å². The van der Waals surface area contributed by atoms with E-state index in [1.54, 1.807) is 48.5 Å². The fourth-order valence-electron chi connectivity index (χ4n) is 2.82. The third-order valence-corrected chi connectivity index (χ3v) is 4.60. The molecule has 0 radical (unpaired) electrons. The molecule has 2 atom stereocenters. The molecule has 0 aliphatic carbocycles. The van der Waals surface area contributed by atoms with Crippen molar-refractivity contribution in [2.75, 3.05) is 13.2 Å². The molecular weight excluding hydrogens is 526 g/mol. The average molecular weight is 570 g/mol. The van der Waals surface area contributed by atoms with Gasteiger partial charge in [0.1, 0.15) is 30.0 Å². The maximum absolute atomic E-state index is 12.4. The first kappa shape index (κ1) is 34.5. The van der Waals surface area contributed by atoms with E-state index in [4.69, 9.17) is 38.9 Å². The van der Waals surface area contributed by atoms with Crippen molar-refractivity contribution in [2.45, 2.75) is 98.5 Å². The van der Waals surface area contributed by atoms with Gasteiger partial charge in [-0.05, 0) is 84.9 Å². The lowest BCUT2D eigenvalue weighted by Crippen LogP contribution is -2.36. The van der Waals surface area contributed by atoms with Gasteiger partial charge < -0.3 is 38.9 Å². The molecule has 0 saturated heterocycles. The molecule has 12 nitrogen and oxygen atoms in total. The highest BCUT2D eigenvalue weighted by Gasteiger charge is 2.25. The molecule has 1 rings (SSSR count). The average Bonchev–Trinajstić information content (AvgIpc) is 2.76. The molecule has 226 valence electrons. The number of esters is 1. The molecule has 2 N–H and O–H groups in total. The summed E-state index contributed by atoms with van der Waals surface area (Å²) >= 11 is 0. The highest BCUT2D eigenvalue weighted by molar-refractivity contribution is 5.76. The number of ether oxygens (including phenoxy) is 7. The summed E-state index contributed by atoms with van der Waals surface area (Å²) in [5.41, 5.74) is 4.83. The van der Waals surface area contributed by atoms with Crippen molar-refractivity contribution in [1.29, 1.82) is 0 Å².